The summed E-state index contributed by atoms with van der Waals surface area (Å²) in [7, 11) is 0. The number of carboxylic acid groups (broad SMARTS) is 1. The second-order valence-corrected chi connectivity index (χ2v) is 7.87. The third-order valence-corrected chi connectivity index (χ3v) is 5.36. The van der Waals surface area contributed by atoms with Gasteiger partial charge >= 0.3 is 0 Å². The van der Waals surface area contributed by atoms with E-state index in [0.29, 0.717) is 29.8 Å². The van der Waals surface area contributed by atoms with Crippen LogP contribution in [0.25, 0.3) is 0 Å². The number of benzene rings is 2. The Morgan fingerprint density at radius 1 is 1.07 bits per heavy atom. The van der Waals surface area contributed by atoms with Gasteiger partial charge in [-0.05, 0) is 67.8 Å². The van der Waals surface area contributed by atoms with E-state index in [4.69, 9.17) is 21.5 Å². The number of aliphatic hydroxyl groups is 1. The van der Waals surface area contributed by atoms with Gasteiger partial charge in [-0.2, -0.15) is 0 Å². The van der Waals surface area contributed by atoms with E-state index in [1.54, 1.807) is 0 Å². The van der Waals surface area contributed by atoms with Crippen molar-refractivity contribution in [1.82, 2.24) is 4.90 Å². The van der Waals surface area contributed by atoms with Gasteiger partial charge in [0.05, 0.1) is 5.60 Å². The summed E-state index contributed by atoms with van der Waals surface area (Å²) in [6.45, 7) is 3.50. The fourth-order valence-corrected chi connectivity index (χ4v) is 3.56. The van der Waals surface area contributed by atoms with Gasteiger partial charge in [0.15, 0.2) is 5.78 Å². The van der Waals surface area contributed by atoms with Crippen LogP contribution < -0.4 is 0 Å². The van der Waals surface area contributed by atoms with Crippen LogP contribution in [0.1, 0.15) is 48.5 Å². The molecule has 0 unspecified atom stereocenters. The predicted molar refractivity (Wildman–Crippen MR) is 114 cm³/mol. The number of halogens is 2. The first kappa shape index (κ1) is 24.0. The minimum absolute atomic E-state index is 0.0414. The van der Waals surface area contributed by atoms with Gasteiger partial charge in [-0.15, -0.1) is 0 Å². The Balaban J connectivity index is 0.000000735. The van der Waals surface area contributed by atoms with Crippen LogP contribution in [-0.4, -0.2) is 46.5 Å². The lowest BCUT2D eigenvalue weighted by Gasteiger charge is -2.38. The van der Waals surface area contributed by atoms with Crippen LogP contribution in [-0.2, 0) is 10.4 Å². The average molecular weight is 436 g/mol. The van der Waals surface area contributed by atoms with Crippen molar-refractivity contribution in [1.29, 1.82) is 0 Å². The number of carboxylic acids is 1. The molecule has 0 aliphatic carbocycles. The SMILES string of the molecule is CC(=O)O.O=C(CCCN1CCC(O)(c2ccc(Cl)cc2)CC1)c1ccc(F)cc1. The number of aliphatic carboxylic acids is 1. The van der Waals surface area contributed by atoms with Gasteiger partial charge in [-0.1, -0.05) is 23.7 Å². The van der Waals surface area contributed by atoms with Crippen LogP contribution in [0, 0.1) is 5.82 Å². The predicted octanol–water partition coefficient (Wildman–Crippen LogP) is 4.52. The van der Waals surface area contributed by atoms with Gasteiger partial charge in [0.25, 0.3) is 5.97 Å². The number of hydrogen-bond acceptors (Lipinski definition) is 4. The second-order valence-electron chi connectivity index (χ2n) is 7.43. The first-order chi connectivity index (χ1) is 14.2. The molecule has 0 saturated carbocycles. The Morgan fingerprint density at radius 3 is 2.13 bits per heavy atom. The highest BCUT2D eigenvalue weighted by Crippen LogP contribution is 2.33. The highest BCUT2D eigenvalue weighted by Gasteiger charge is 2.33. The summed E-state index contributed by atoms with van der Waals surface area (Å²) in [6, 6.07) is 13.1. The Morgan fingerprint density at radius 2 is 1.60 bits per heavy atom. The molecule has 162 valence electrons. The fraction of sp³-hybridized carbons (Fsp3) is 0.391. The van der Waals surface area contributed by atoms with Crippen LogP contribution >= 0.6 is 11.6 Å². The van der Waals surface area contributed by atoms with Gasteiger partial charge in [-0.25, -0.2) is 4.39 Å². The summed E-state index contributed by atoms with van der Waals surface area (Å²) in [5.41, 5.74) is 0.667. The molecule has 1 fully saturated rings. The summed E-state index contributed by atoms with van der Waals surface area (Å²) < 4.78 is 12.9. The van der Waals surface area contributed by atoms with Crippen molar-refractivity contribution >= 4 is 23.4 Å². The first-order valence-corrected chi connectivity index (χ1v) is 10.3. The van der Waals surface area contributed by atoms with Gasteiger partial charge < -0.3 is 15.1 Å². The molecule has 0 atom stereocenters. The molecule has 0 amide bonds. The third kappa shape index (κ3) is 7.52. The van der Waals surface area contributed by atoms with Crippen LogP contribution in [0.4, 0.5) is 4.39 Å². The molecule has 2 N–H and O–H groups in total. The molecule has 1 aliphatic rings. The van der Waals surface area contributed by atoms with E-state index in [-0.39, 0.29) is 11.6 Å². The number of hydrogen-bond donors (Lipinski definition) is 2. The van der Waals surface area contributed by atoms with E-state index < -0.39 is 11.6 Å². The first-order valence-electron chi connectivity index (χ1n) is 9.89. The lowest BCUT2D eigenvalue weighted by molar-refractivity contribution is -0.134. The average Bonchev–Trinajstić information content (AvgIpc) is 2.70. The van der Waals surface area contributed by atoms with E-state index in [1.165, 1.54) is 24.3 Å². The maximum absolute atomic E-state index is 12.9. The number of rotatable bonds is 6. The highest BCUT2D eigenvalue weighted by atomic mass is 35.5. The van der Waals surface area contributed by atoms with E-state index >= 15 is 0 Å². The molecule has 0 spiro atoms. The standard InChI is InChI=1S/C21H23ClFNO2.C2H4O2/c22-18-7-5-17(6-8-18)21(26)11-14-24(15-12-21)13-1-2-20(25)16-3-9-19(23)10-4-16;1-2(3)4/h3-10,26H,1-2,11-15H2;1H3,(H,3,4). The number of piperidine rings is 1. The quantitative estimate of drug-likeness (QED) is 0.652. The number of carbonyl (C=O) groups excluding carboxylic acids is 1. The van der Waals surface area contributed by atoms with Crippen LogP contribution in [0.5, 0.6) is 0 Å². The van der Waals surface area contributed by atoms with E-state index in [9.17, 15) is 14.3 Å². The molecule has 3 rings (SSSR count). The zero-order valence-electron chi connectivity index (χ0n) is 17.0. The molecule has 1 saturated heterocycles. The van der Waals surface area contributed by atoms with Gasteiger partial charge in [0, 0.05) is 37.0 Å². The molecule has 0 radical (unpaired) electrons. The van der Waals surface area contributed by atoms with Gasteiger partial charge in [-0.3, -0.25) is 9.59 Å². The zero-order valence-corrected chi connectivity index (χ0v) is 17.7. The Bertz CT molecular complexity index is 827. The normalized spacial score (nSPS) is 15.7. The zero-order chi connectivity index (χ0) is 22.1. The van der Waals surface area contributed by atoms with E-state index in [0.717, 1.165) is 38.5 Å². The van der Waals surface area contributed by atoms with Crippen molar-refractivity contribution in [2.45, 2.75) is 38.2 Å². The van der Waals surface area contributed by atoms with Crippen molar-refractivity contribution in [3.8, 4) is 0 Å². The minimum atomic E-state index is -0.833. The highest BCUT2D eigenvalue weighted by molar-refractivity contribution is 6.30. The summed E-state index contributed by atoms with van der Waals surface area (Å²) in [4.78, 5) is 23.4. The maximum atomic E-state index is 12.9. The molecule has 7 heteroatoms. The lowest BCUT2D eigenvalue weighted by atomic mass is 9.84. The molecule has 2 aromatic rings. The van der Waals surface area contributed by atoms with E-state index in [1.807, 2.05) is 24.3 Å². The Kier molecular flexibility index (Phi) is 8.96. The number of ketones is 1. The Hall–Kier alpha value is -2.28. The molecule has 0 aromatic heterocycles. The van der Waals surface area contributed by atoms with Crippen molar-refractivity contribution in [2.75, 3.05) is 19.6 Å². The van der Waals surface area contributed by atoms with Gasteiger partial charge in [0.2, 0.25) is 0 Å². The third-order valence-electron chi connectivity index (χ3n) is 5.11. The summed E-state index contributed by atoms with van der Waals surface area (Å²) >= 11 is 5.92. The van der Waals surface area contributed by atoms with Crippen molar-refractivity contribution in [3.63, 3.8) is 0 Å². The van der Waals surface area contributed by atoms with E-state index in [2.05, 4.69) is 4.90 Å². The maximum Gasteiger partial charge on any atom is 0.300 e. The largest absolute Gasteiger partial charge is 0.481 e. The van der Waals surface area contributed by atoms with Crippen LogP contribution in [0.2, 0.25) is 5.02 Å². The molecule has 1 aliphatic heterocycles. The number of Topliss-reactive ketones (excluding diaryl/α,β-unsaturated/α-hetero) is 1. The summed E-state index contributed by atoms with van der Waals surface area (Å²) in [6.07, 6.45) is 2.54. The number of nitrogens with zero attached hydrogens (tertiary/aromatic N) is 1. The molecular formula is C23H27ClFNO4. The van der Waals surface area contributed by atoms with Crippen molar-refractivity contribution in [3.05, 3.63) is 70.5 Å². The second kappa shape index (κ2) is 11.2. The fourth-order valence-electron chi connectivity index (χ4n) is 3.44. The summed E-state index contributed by atoms with van der Waals surface area (Å²) in [5, 5.41) is 19.0. The Labute approximate surface area is 181 Å². The van der Waals surface area contributed by atoms with Crippen molar-refractivity contribution < 1.29 is 24.2 Å². The van der Waals surface area contributed by atoms with Crippen molar-refractivity contribution in [2.24, 2.45) is 0 Å². The number of carbonyl (C=O) groups is 2. The van der Waals surface area contributed by atoms with Crippen LogP contribution in [0.15, 0.2) is 48.5 Å². The minimum Gasteiger partial charge on any atom is -0.481 e. The topological polar surface area (TPSA) is 77.8 Å². The lowest BCUT2D eigenvalue weighted by Crippen LogP contribution is -2.42. The monoisotopic (exact) mass is 435 g/mol. The molecular weight excluding hydrogens is 409 g/mol. The molecule has 5 nitrogen and oxygen atoms in total. The molecule has 1 heterocycles. The molecule has 30 heavy (non-hydrogen) atoms. The van der Waals surface area contributed by atoms with Gasteiger partial charge in [0.1, 0.15) is 5.82 Å². The van der Waals surface area contributed by atoms with Crippen LogP contribution in [0.3, 0.4) is 0 Å². The molecule has 0 bridgehead atoms. The number of likely N-dealkylation sites (tertiary alicyclic amines) is 1. The summed E-state index contributed by atoms with van der Waals surface area (Å²) in [5.74, 6) is -1.12. The molecule has 2 aromatic carbocycles. The smallest absolute Gasteiger partial charge is 0.300 e.